The van der Waals surface area contributed by atoms with E-state index in [2.05, 4.69) is 48.5 Å². The van der Waals surface area contributed by atoms with E-state index >= 15 is 0 Å². The summed E-state index contributed by atoms with van der Waals surface area (Å²) in [7, 11) is 0. The summed E-state index contributed by atoms with van der Waals surface area (Å²) < 4.78 is 1.96. The quantitative estimate of drug-likeness (QED) is 0.505. The number of hydrogen-bond donors (Lipinski definition) is 0. The summed E-state index contributed by atoms with van der Waals surface area (Å²) in [5.74, 6) is 0. The maximum Gasteiger partial charge on any atom is 0.258 e. The van der Waals surface area contributed by atoms with Crippen LogP contribution in [0, 0.1) is 0 Å². The molecule has 1 fully saturated rings. The van der Waals surface area contributed by atoms with Crippen molar-refractivity contribution in [1.82, 2.24) is 9.55 Å². The maximum absolute atomic E-state index is 13.9. The summed E-state index contributed by atoms with van der Waals surface area (Å²) in [5, 5.41) is 1.14. The lowest BCUT2D eigenvalue weighted by Gasteiger charge is -2.41. The van der Waals surface area contributed by atoms with Gasteiger partial charge in [0.2, 0.25) is 0 Å². The Morgan fingerprint density at radius 3 is 2.55 bits per heavy atom. The molecule has 146 valence electrons. The lowest BCUT2D eigenvalue weighted by molar-refractivity contribution is 0.282. The van der Waals surface area contributed by atoms with E-state index in [-0.39, 0.29) is 16.2 Å². The molecule has 2 aromatic carbocycles. The second-order valence-electron chi connectivity index (χ2n) is 8.73. The normalized spacial score (nSPS) is 21.4. The Bertz CT molecular complexity index is 1150. The van der Waals surface area contributed by atoms with Gasteiger partial charge >= 0.3 is 0 Å². The molecule has 1 spiro atoms. The highest BCUT2D eigenvalue weighted by Gasteiger charge is 2.44. The fraction of sp³-hybridized carbons (Fsp3) is 0.360. The molecule has 0 bridgehead atoms. The molecular weight excluding hydrogens is 376 g/mol. The van der Waals surface area contributed by atoms with Gasteiger partial charge in [-0.3, -0.25) is 9.36 Å². The molecule has 1 aliphatic heterocycles. The first-order chi connectivity index (χ1) is 14.3. The SMILES string of the molecule is O=c1c2c(nc3n1CC(c1ccccc1)S3)-c1ccccc1CC21CCCCC1. The number of hydrogen-bond acceptors (Lipinski definition) is 3. The molecule has 6 rings (SSSR count). The van der Waals surface area contributed by atoms with Crippen molar-refractivity contribution in [3.63, 3.8) is 0 Å². The van der Waals surface area contributed by atoms with Gasteiger partial charge in [-0.2, -0.15) is 0 Å². The van der Waals surface area contributed by atoms with Gasteiger partial charge < -0.3 is 0 Å². The number of rotatable bonds is 1. The lowest BCUT2D eigenvalue weighted by atomic mass is 9.62. The average molecular weight is 401 g/mol. The summed E-state index contributed by atoms with van der Waals surface area (Å²) in [6, 6.07) is 19.1. The Balaban J connectivity index is 1.54. The van der Waals surface area contributed by atoms with Gasteiger partial charge in [-0.15, -0.1) is 0 Å². The Kier molecular flexibility index (Phi) is 3.98. The summed E-state index contributed by atoms with van der Waals surface area (Å²) >= 11 is 1.74. The zero-order chi connectivity index (χ0) is 19.4. The summed E-state index contributed by atoms with van der Waals surface area (Å²) in [6.07, 6.45) is 6.92. The molecule has 3 aliphatic rings. The van der Waals surface area contributed by atoms with Crippen LogP contribution in [0.2, 0.25) is 0 Å². The molecule has 2 heterocycles. The highest BCUT2D eigenvalue weighted by Crippen LogP contribution is 2.50. The second kappa shape index (κ2) is 6.60. The molecule has 0 N–H and O–H groups in total. The van der Waals surface area contributed by atoms with Crippen LogP contribution in [0.3, 0.4) is 0 Å². The second-order valence-corrected chi connectivity index (χ2v) is 9.90. The van der Waals surface area contributed by atoms with Crippen molar-refractivity contribution in [2.45, 2.75) is 60.9 Å². The minimum atomic E-state index is -0.0243. The molecule has 0 radical (unpaired) electrons. The number of nitrogens with zero attached hydrogens (tertiary/aromatic N) is 2. The fourth-order valence-electron chi connectivity index (χ4n) is 5.64. The number of aromatic nitrogens is 2. The van der Waals surface area contributed by atoms with Gasteiger partial charge in [0.1, 0.15) is 0 Å². The van der Waals surface area contributed by atoms with E-state index in [1.165, 1.54) is 36.0 Å². The molecule has 1 aromatic heterocycles. The Hall–Kier alpha value is -2.33. The third-order valence-corrected chi connectivity index (χ3v) is 8.27. The van der Waals surface area contributed by atoms with E-state index in [0.29, 0.717) is 0 Å². The van der Waals surface area contributed by atoms with Crippen LogP contribution in [-0.2, 0) is 18.4 Å². The van der Waals surface area contributed by atoms with Gasteiger partial charge in [0.15, 0.2) is 5.16 Å². The number of benzene rings is 2. The molecule has 1 saturated carbocycles. The van der Waals surface area contributed by atoms with Gasteiger partial charge in [-0.25, -0.2) is 4.98 Å². The van der Waals surface area contributed by atoms with Crippen molar-refractivity contribution in [2.75, 3.05) is 0 Å². The third-order valence-electron chi connectivity index (χ3n) is 7.04. The largest absolute Gasteiger partial charge is 0.286 e. The van der Waals surface area contributed by atoms with Crippen LogP contribution in [-0.4, -0.2) is 9.55 Å². The highest BCUT2D eigenvalue weighted by molar-refractivity contribution is 7.99. The monoisotopic (exact) mass is 400 g/mol. The fourth-order valence-corrected chi connectivity index (χ4v) is 6.84. The zero-order valence-electron chi connectivity index (χ0n) is 16.4. The molecule has 1 unspecified atom stereocenters. The number of thioether (sulfide) groups is 1. The minimum Gasteiger partial charge on any atom is -0.286 e. The number of fused-ring (bicyclic) bond motifs is 5. The summed E-state index contributed by atoms with van der Waals surface area (Å²) in [6.45, 7) is 0.723. The third kappa shape index (κ3) is 2.65. The minimum absolute atomic E-state index is 0.0243. The maximum atomic E-state index is 13.9. The topological polar surface area (TPSA) is 34.9 Å². The first kappa shape index (κ1) is 17.5. The Morgan fingerprint density at radius 1 is 0.966 bits per heavy atom. The van der Waals surface area contributed by atoms with E-state index in [1.54, 1.807) is 11.8 Å². The van der Waals surface area contributed by atoms with Crippen LogP contribution in [0.5, 0.6) is 0 Å². The zero-order valence-corrected chi connectivity index (χ0v) is 17.3. The predicted octanol–water partition coefficient (Wildman–Crippen LogP) is 5.52. The first-order valence-electron chi connectivity index (χ1n) is 10.7. The van der Waals surface area contributed by atoms with Crippen molar-refractivity contribution in [3.8, 4) is 11.3 Å². The van der Waals surface area contributed by atoms with Crippen molar-refractivity contribution >= 4 is 11.8 Å². The summed E-state index contributed by atoms with van der Waals surface area (Å²) in [5.41, 5.74) is 5.97. The lowest BCUT2D eigenvalue weighted by Crippen LogP contribution is -2.42. The van der Waals surface area contributed by atoms with E-state index < -0.39 is 0 Å². The van der Waals surface area contributed by atoms with Gasteiger partial charge in [0.05, 0.1) is 16.5 Å². The molecule has 29 heavy (non-hydrogen) atoms. The first-order valence-corrected chi connectivity index (χ1v) is 11.6. The van der Waals surface area contributed by atoms with Crippen LogP contribution in [0.25, 0.3) is 11.3 Å². The summed E-state index contributed by atoms with van der Waals surface area (Å²) in [4.78, 5) is 19.0. The van der Waals surface area contributed by atoms with Crippen LogP contribution < -0.4 is 5.56 Å². The van der Waals surface area contributed by atoms with Crippen molar-refractivity contribution in [3.05, 3.63) is 81.6 Å². The van der Waals surface area contributed by atoms with Crippen LogP contribution in [0.1, 0.15) is 54.0 Å². The Morgan fingerprint density at radius 2 is 1.72 bits per heavy atom. The van der Waals surface area contributed by atoms with Gasteiger partial charge in [-0.1, -0.05) is 85.6 Å². The molecular formula is C25H24N2OS. The molecule has 0 amide bonds. The predicted molar refractivity (Wildman–Crippen MR) is 117 cm³/mol. The van der Waals surface area contributed by atoms with Gasteiger partial charge in [-0.05, 0) is 30.4 Å². The van der Waals surface area contributed by atoms with Crippen LogP contribution in [0.4, 0.5) is 0 Å². The Labute approximate surface area is 175 Å². The van der Waals surface area contributed by atoms with Crippen LogP contribution in [0.15, 0.2) is 64.5 Å². The van der Waals surface area contributed by atoms with Gasteiger partial charge in [0.25, 0.3) is 5.56 Å². The van der Waals surface area contributed by atoms with Gasteiger partial charge in [0, 0.05) is 17.5 Å². The average Bonchev–Trinajstić information content (AvgIpc) is 3.20. The molecule has 3 aromatic rings. The molecule has 0 saturated heterocycles. The molecule has 2 aliphatic carbocycles. The van der Waals surface area contributed by atoms with Crippen LogP contribution >= 0.6 is 11.8 Å². The van der Waals surface area contributed by atoms with Crippen molar-refractivity contribution in [1.29, 1.82) is 0 Å². The highest BCUT2D eigenvalue weighted by atomic mass is 32.2. The van der Waals surface area contributed by atoms with E-state index in [4.69, 9.17) is 4.98 Å². The molecule has 4 heteroatoms. The van der Waals surface area contributed by atoms with E-state index in [1.807, 2.05) is 10.6 Å². The van der Waals surface area contributed by atoms with Crippen molar-refractivity contribution < 1.29 is 0 Å². The molecule has 1 atom stereocenters. The molecule has 3 nitrogen and oxygen atoms in total. The van der Waals surface area contributed by atoms with Crippen molar-refractivity contribution in [2.24, 2.45) is 0 Å². The standard InChI is InChI=1S/C25H24N2OS/c28-23-21-22(26-24-27(23)16-20(29-24)17-9-3-1-4-10-17)19-12-6-5-11-18(19)15-25(21)13-7-2-8-14-25/h1,3-6,9-12,20H,2,7-8,13-16H2. The van der Waals surface area contributed by atoms with E-state index in [0.717, 1.165) is 42.2 Å². The smallest absolute Gasteiger partial charge is 0.258 e. The van der Waals surface area contributed by atoms with E-state index in [9.17, 15) is 4.79 Å².